The normalized spacial score (nSPS) is 17.2. The summed E-state index contributed by atoms with van der Waals surface area (Å²) < 4.78 is 27.0. The zero-order valence-corrected chi connectivity index (χ0v) is 17.2. The summed E-state index contributed by atoms with van der Waals surface area (Å²) in [6.07, 6.45) is 0. The van der Waals surface area contributed by atoms with E-state index in [1.165, 1.54) is 4.31 Å². The number of hydrogen-bond donors (Lipinski definition) is 0. The molecule has 0 aromatic heterocycles. The third-order valence-corrected chi connectivity index (χ3v) is 7.11. The predicted molar refractivity (Wildman–Crippen MR) is 109 cm³/mol. The fourth-order valence-corrected chi connectivity index (χ4v) is 4.93. The highest BCUT2D eigenvalue weighted by Gasteiger charge is 2.32. The Morgan fingerprint density at radius 1 is 0.964 bits per heavy atom. The third-order valence-electron chi connectivity index (χ3n) is 5.20. The van der Waals surface area contributed by atoms with Gasteiger partial charge in [0.2, 0.25) is 15.9 Å². The molecule has 1 atom stereocenters. The number of amides is 1. The van der Waals surface area contributed by atoms with Crippen LogP contribution in [0, 0.1) is 0 Å². The molecule has 0 saturated carbocycles. The van der Waals surface area contributed by atoms with Gasteiger partial charge in [0.15, 0.2) is 0 Å². The Bertz CT molecular complexity index is 880. The molecule has 1 unspecified atom stereocenters. The molecule has 1 fully saturated rings. The van der Waals surface area contributed by atoms with Gasteiger partial charge in [-0.3, -0.25) is 9.69 Å². The highest BCUT2D eigenvalue weighted by molar-refractivity contribution is 7.89. The first-order chi connectivity index (χ1) is 13.4. The Morgan fingerprint density at radius 2 is 1.50 bits per heavy atom. The lowest BCUT2D eigenvalue weighted by Gasteiger charge is -2.37. The van der Waals surface area contributed by atoms with Crippen molar-refractivity contribution in [2.75, 3.05) is 33.2 Å². The van der Waals surface area contributed by atoms with Gasteiger partial charge >= 0.3 is 0 Å². The average molecular weight is 402 g/mol. The minimum absolute atomic E-state index is 0.0446. The lowest BCUT2D eigenvalue weighted by Crippen LogP contribution is -2.54. The fraction of sp³-hybridized carbons (Fsp3) is 0.381. The van der Waals surface area contributed by atoms with Crippen LogP contribution in [0.2, 0.25) is 0 Å². The molecule has 1 aliphatic rings. The molecule has 0 radical (unpaired) electrons. The summed E-state index contributed by atoms with van der Waals surface area (Å²) in [5.74, 6) is 0.0446. The van der Waals surface area contributed by atoms with Crippen LogP contribution in [-0.2, 0) is 21.4 Å². The first-order valence-corrected chi connectivity index (χ1v) is 10.9. The predicted octanol–water partition coefficient (Wildman–Crippen LogP) is 2.04. The molecular formula is C21H27N3O3S. The van der Waals surface area contributed by atoms with E-state index in [-0.39, 0.29) is 11.9 Å². The molecule has 2 aromatic carbocycles. The van der Waals surface area contributed by atoms with Crippen molar-refractivity contribution >= 4 is 15.9 Å². The summed E-state index contributed by atoms with van der Waals surface area (Å²) in [5, 5.41) is 0. The van der Waals surface area contributed by atoms with Crippen LogP contribution in [0.15, 0.2) is 65.6 Å². The van der Waals surface area contributed by atoms with Gasteiger partial charge in [0.1, 0.15) is 0 Å². The van der Waals surface area contributed by atoms with Gasteiger partial charge in [-0.1, -0.05) is 48.5 Å². The van der Waals surface area contributed by atoms with E-state index in [0.717, 1.165) is 5.56 Å². The number of carbonyl (C=O) groups excluding carboxylic acids is 1. The molecule has 1 heterocycles. The van der Waals surface area contributed by atoms with Crippen LogP contribution in [0.5, 0.6) is 0 Å². The van der Waals surface area contributed by atoms with Gasteiger partial charge in [-0.05, 0) is 24.6 Å². The molecule has 0 aliphatic carbocycles. The van der Waals surface area contributed by atoms with E-state index in [1.807, 2.05) is 44.3 Å². The first-order valence-electron chi connectivity index (χ1n) is 9.48. The summed E-state index contributed by atoms with van der Waals surface area (Å²) in [7, 11) is -1.67. The van der Waals surface area contributed by atoms with E-state index >= 15 is 0 Å². The quantitative estimate of drug-likeness (QED) is 0.743. The largest absolute Gasteiger partial charge is 0.340 e. The Balaban J connectivity index is 1.57. The van der Waals surface area contributed by atoms with E-state index in [0.29, 0.717) is 37.6 Å². The Morgan fingerprint density at radius 3 is 2.07 bits per heavy atom. The maximum Gasteiger partial charge on any atom is 0.243 e. The molecule has 1 aliphatic heterocycles. The average Bonchev–Trinajstić information content (AvgIpc) is 2.74. The SMILES string of the molecule is CC(C(=O)N(C)Cc1ccccc1)N1CCN(S(=O)(=O)c2ccccc2)CC1. The van der Waals surface area contributed by atoms with E-state index in [1.54, 1.807) is 35.2 Å². The zero-order chi connectivity index (χ0) is 20.1. The van der Waals surface area contributed by atoms with Crippen LogP contribution in [0.4, 0.5) is 0 Å². The number of benzene rings is 2. The molecule has 150 valence electrons. The van der Waals surface area contributed by atoms with Crippen LogP contribution in [0.1, 0.15) is 12.5 Å². The van der Waals surface area contributed by atoms with Crippen molar-refractivity contribution in [3.05, 3.63) is 66.2 Å². The molecule has 0 N–H and O–H groups in total. The van der Waals surface area contributed by atoms with Crippen LogP contribution in [-0.4, -0.2) is 67.7 Å². The molecular weight excluding hydrogens is 374 g/mol. The molecule has 1 amide bonds. The van der Waals surface area contributed by atoms with Crippen LogP contribution < -0.4 is 0 Å². The van der Waals surface area contributed by atoms with Crippen LogP contribution >= 0.6 is 0 Å². The lowest BCUT2D eigenvalue weighted by atomic mass is 10.2. The zero-order valence-electron chi connectivity index (χ0n) is 16.4. The number of hydrogen-bond acceptors (Lipinski definition) is 4. The fourth-order valence-electron chi connectivity index (χ4n) is 3.48. The van der Waals surface area contributed by atoms with Crippen LogP contribution in [0.25, 0.3) is 0 Å². The number of carbonyl (C=O) groups is 1. The van der Waals surface area contributed by atoms with E-state index in [4.69, 9.17) is 0 Å². The minimum atomic E-state index is -3.48. The van der Waals surface area contributed by atoms with Crippen molar-refractivity contribution in [1.29, 1.82) is 0 Å². The molecule has 3 rings (SSSR count). The standard InChI is InChI=1S/C21H27N3O3S/c1-18(21(25)22(2)17-19-9-5-3-6-10-19)23-13-15-24(16-14-23)28(26,27)20-11-7-4-8-12-20/h3-12,18H,13-17H2,1-2H3. The van der Waals surface area contributed by atoms with E-state index in [9.17, 15) is 13.2 Å². The van der Waals surface area contributed by atoms with E-state index < -0.39 is 10.0 Å². The highest BCUT2D eigenvalue weighted by Crippen LogP contribution is 2.18. The smallest absolute Gasteiger partial charge is 0.243 e. The van der Waals surface area contributed by atoms with Crippen molar-refractivity contribution in [1.82, 2.24) is 14.1 Å². The third kappa shape index (κ3) is 4.60. The number of piperazine rings is 1. The monoisotopic (exact) mass is 401 g/mol. The second kappa shape index (κ2) is 8.86. The Hall–Kier alpha value is -2.22. The summed E-state index contributed by atoms with van der Waals surface area (Å²) in [5.41, 5.74) is 1.09. The molecule has 0 spiro atoms. The number of rotatable bonds is 6. The van der Waals surface area contributed by atoms with Crippen molar-refractivity contribution in [3.8, 4) is 0 Å². The number of likely N-dealkylation sites (N-methyl/N-ethyl adjacent to an activating group) is 1. The minimum Gasteiger partial charge on any atom is -0.340 e. The lowest BCUT2D eigenvalue weighted by molar-refractivity contribution is -0.136. The number of nitrogens with zero attached hydrogens (tertiary/aromatic N) is 3. The van der Waals surface area contributed by atoms with Gasteiger partial charge in [0.25, 0.3) is 0 Å². The Labute approximate surface area is 167 Å². The van der Waals surface area contributed by atoms with E-state index in [2.05, 4.69) is 4.90 Å². The number of sulfonamides is 1. The highest BCUT2D eigenvalue weighted by atomic mass is 32.2. The summed E-state index contributed by atoms with van der Waals surface area (Å²) in [4.78, 5) is 16.9. The maximum atomic E-state index is 12.8. The van der Waals surface area contributed by atoms with Crippen LogP contribution in [0.3, 0.4) is 0 Å². The van der Waals surface area contributed by atoms with Gasteiger partial charge in [0.05, 0.1) is 10.9 Å². The molecule has 7 heteroatoms. The van der Waals surface area contributed by atoms with Gasteiger partial charge in [0, 0.05) is 39.8 Å². The first kappa shape index (κ1) is 20.5. The van der Waals surface area contributed by atoms with Gasteiger partial charge in [-0.2, -0.15) is 4.31 Å². The van der Waals surface area contributed by atoms with Crippen molar-refractivity contribution < 1.29 is 13.2 Å². The van der Waals surface area contributed by atoms with Gasteiger partial charge in [-0.15, -0.1) is 0 Å². The molecule has 6 nitrogen and oxygen atoms in total. The maximum absolute atomic E-state index is 12.8. The molecule has 28 heavy (non-hydrogen) atoms. The van der Waals surface area contributed by atoms with Crippen molar-refractivity contribution in [2.45, 2.75) is 24.4 Å². The summed E-state index contributed by atoms with van der Waals surface area (Å²) in [6.45, 7) is 4.31. The second-order valence-electron chi connectivity index (χ2n) is 7.11. The Kier molecular flexibility index (Phi) is 6.49. The summed E-state index contributed by atoms with van der Waals surface area (Å²) >= 11 is 0. The molecule has 1 saturated heterocycles. The van der Waals surface area contributed by atoms with Gasteiger partial charge in [-0.25, -0.2) is 8.42 Å². The molecule has 0 bridgehead atoms. The topological polar surface area (TPSA) is 60.9 Å². The van der Waals surface area contributed by atoms with Gasteiger partial charge < -0.3 is 4.90 Å². The second-order valence-corrected chi connectivity index (χ2v) is 9.05. The molecule has 2 aromatic rings. The van der Waals surface area contributed by atoms with Crippen molar-refractivity contribution in [3.63, 3.8) is 0 Å². The van der Waals surface area contributed by atoms with Crippen molar-refractivity contribution in [2.24, 2.45) is 0 Å². The summed E-state index contributed by atoms with van der Waals surface area (Å²) in [6, 6.07) is 18.1.